The molecule has 0 saturated carbocycles. The number of nitrogens with two attached hydrogens (primary N) is 1. The van der Waals surface area contributed by atoms with E-state index >= 15 is 0 Å². The molecule has 0 spiro atoms. The van der Waals surface area contributed by atoms with Crippen molar-refractivity contribution < 1.29 is 0 Å². The summed E-state index contributed by atoms with van der Waals surface area (Å²) in [4.78, 5) is 3.05. The van der Waals surface area contributed by atoms with Gasteiger partial charge in [-0.05, 0) is 39.0 Å². The highest BCUT2D eigenvalue weighted by molar-refractivity contribution is 5.44. The number of nitrogens with one attached hydrogen (secondary N) is 1. The van der Waals surface area contributed by atoms with E-state index in [4.69, 9.17) is 5.84 Å². The van der Waals surface area contributed by atoms with Crippen molar-refractivity contribution >= 4 is 5.82 Å². The molecule has 1 aromatic rings. The van der Waals surface area contributed by atoms with E-state index in [2.05, 4.69) is 4.98 Å². The standard InChI is InChI=1S/C11H17N3/c1-4-9(2)8-10(3)14(12)11-6-5-7-13-11/h4-8,13H,12H2,1-3H3. The van der Waals surface area contributed by atoms with Crippen LogP contribution in [-0.2, 0) is 0 Å². The highest BCUT2D eigenvalue weighted by Crippen LogP contribution is 2.12. The second kappa shape index (κ2) is 4.67. The van der Waals surface area contributed by atoms with Gasteiger partial charge in [-0.15, -0.1) is 0 Å². The average molecular weight is 191 g/mol. The highest BCUT2D eigenvalue weighted by Gasteiger charge is 2.02. The maximum atomic E-state index is 5.89. The number of aromatic nitrogens is 1. The molecule has 1 aromatic heterocycles. The Hall–Kier alpha value is -1.48. The highest BCUT2D eigenvalue weighted by atomic mass is 15.4. The number of aromatic amines is 1. The van der Waals surface area contributed by atoms with E-state index < -0.39 is 0 Å². The first kappa shape index (κ1) is 10.6. The molecule has 3 nitrogen and oxygen atoms in total. The molecule has 0 atom stereocenters. The molecule has 0 bridgehead atoms. The molecule has 3 heteroatoms. The lowest BCUT2D eigenvalue weighted by atomic mass is 10.2. The molecule has 0 unspecified atom stereocenters. The Balaban J connectivity index is 2.80. The lowest BCUT2D eigenvalue weighted by Crippen LogP contribution is -2.28. The zero-order valence-electron chi connectivity index (χ0n) is 8.91. The molecular formula is C11H17N3. The molecular weight excluding hydrogens is 174 g/mol. The van der Waals surface area contributed by atoms with Crippen molar-refractivity contribution in [3.05, 3.63) is 41.8 Å². The third-order valence-corrected chi connectivity index (χ3v) is 2.11. The van der Waals surface area contributed by atoms with Crippen molar-refractivity contribution in [3.8, 4) is 0 Å². The van der Waals surface area contributed by atoms with Gasteiger partial charge in [-0.3, -0.25) is 5.01 Å². The Morgan fingerprint density at radius 3 is 2.71 bits per heavy atom. The number of hydrogen-bond acceptors (Lipinski definition) is 2. The summed E-state index contributed by atoms with van der Waals surface area (Å²) in [7, 11) is 0. The number of nitrogens with zero attached hydrogens (tertiary/aromatic N) is 1. The van der Waals surface area contributed by atoms with Gasteiger partial charge in [0.2, 0.25) is 0 Å². The van der Waals surface area contributed by atoms with Crippen LogP contribution < -0.4 is 10.9 Å². The summed E-state index contributed by atoms with van der Waals surface area (Å²) < 4.78 is 0. The molecule has 0 radical (unpaired) electrons. The Morgan fingerprint density at radius 2 is 2.21 bits per heavy atom. The van der Waals surface area contributed by atoms with E-state index in [1.165, 1.54) is 5.57 Å². The third-order valence-electron chi connectivity index (χ3n) is 2.11. The van der Waals surface area contributed by atoms with E-state index in [0.717, 1.165) is 11.5 Å². The van der Waals surface area contributed by atoms with Gasteiger partial charge in [0.1, 0.15) is 5.82 Å². The van der Waals surface area contributed by atoms with Crippen LogP contribution in [0.4, 0.5) is 5.82 Å². The first-order valence-electron chi connectivity index (χ1n) is 4.64. The number of allylic oxidation sites excluding steroid dienone is 4. The summed E-state index contributed by atoms with van der Waals surface area (Å²) in [6, 6.07) is 3.85. The van der Waals surface area contributed by atoms with Gasteiger partial charge in [0.05, 0.1) is 0 Å². The molecule has 0 aliphatic heterocycles. The molecule has 0 amide bonds. The second-order valence-corrected chi connectivity index (χ2v) is 3.24. The van der Waals surface area contributed by atoms with E-state index in [-0.39, 0.29) is 0 Å². The van der Waals surface area contributed by atoms with Crippen LogP contribution in [0.25, 0.3) is 0 Å². The number of hydrogen-bond donors (Lipinski definition) is 2. The Labute approximate surface area is 84.9 Å². The monoisotopic (exact) mass is 191 g/mol. The van der Waals surface area contributed by atoms with Crippen molar-refractivity contribution in [1.82, 2.24) is 4.98 Å². The zero-order chi connectivity index (χ0) is 10.6. The summed E-state index contributed by atoms with van der Waals surface area (Å²) in [6.07, 6.45) is 5.94. The Bertz CT molecular complexity index is 333. The molecule has 0 saturated heterocycles. The smallest absolute Gasteiger partial charge is 0.124 e. The summed E-state index contributed by atoms with van der Waals surface area (Å²) in [5.41, 5.74) is 2.20. The van der Waals surface area contributed by atoms with E-state index in [1.807, 2.05) is 51.3 Å². The molecule has 1 heterocycles. The number of anilines is 1. The van der Waals surface area contributed by atoms with Crippen LogP contribution >= 0.6 is 0 Å². The Kier molecular flexibility index (Phi) is 3.54. The molecule has 0 aliphatic rings. The fourth-order valence-electron chi connectivity index (χ4n) is 1.14. The molecule has 3 N–H and O–H groups in total. The first-order chi connectivity index (χ1) is 6.65. The van der Waals surface area contributed by atoms with Crippen LogP contribution in [0.1, 0.15) is 20.8 Å². The quantitative estimate of drug-likeness (QED) is 0.438. The minimum Gasteiger partial charge on any atom is -0.347 e. The van der Waals surface area contributed by atoms with E-state index in [1.54, 1.807) is 5.01 Å². The van der Waals surface area contributed by atoms with E-state index in [0.29, 0.717) is 0 Å². The third kappa shape index (κ3) is 2.50. The van der Waals surface area contributed by atoms with E-state index in [9.17, 15) is 0 Å². The van der Waals surface area contributed by atoms with Crippen molar-refractivity contribution in [2.24, 2.45) is 5.84 Å². The lowest BCUT2D eigenvalue weighted by molar-refractivity contribution is 0.967. The summed E-state index contributed by atoms with van der Waals surface area (Å²) in [5.74, 6) is 6.78. The van der Waals surface area contributed by atoms with Crippen LogP contribution in [0.2, 0.25) is 0 Å². The average Bonchev–Trinajstić information content (AvgIpc) is 2.69. The van der Waals surface area contributed by atoms with Crippen molar-refractivity contribution in [2.45, 2.75) is 20.8 Å². The summed E-state index contributed by atoms with van der Waals surface area (Å²) >= 11 is 0. The molecule has 0 aromatic carbocycles. The van der Waals surface area contributed by atoms with Gasteiger partial charge >= 0.3 is 0 Å². The number of hydrazine groups is 1. The molecule has 76 valence electrons. The van der Waals surface area contributed by atoms with Gasteiger partial charge < -0.3 is 4.98 Å². The number of H-pyrrole nitrogens is 1. The van der Waals surface area contributed by atoms with Crippen LogP contribution in [-0.4, -0.2) is 4.98 Å². The summed E-state index contributed by atoms with van der Waals surface area (Å²) in [5, 5.41) is 1.63. The van der Waals surface area contributed by atoms with Gasteiger partial charge in [-0.2, -0.15) is 0 Å². The molecule has 0 fully saturated rings. The Morgan fingerprint density at radius 1 is 1.50 bits per heavy atom. The van der Waals surface area contributed by atoms with Crippen LogP contribution in [0.3, 0.4) is 0 Å². The van der Waals surface area contributed by atoms with Crippen LogP contribution in [0.5, 0.6) is 0 Å². The lowest BCUT2D eigenvalue weighted by Gasteiger charge is -2.17. The second-order valence-electron chi connectivity index (χ2n) is 3.24. The predicted molar refractivity (Wildman–Crippen MR) is 60.6 cm³/mol. The molecule has 0 aliphatic carbocycles. The predicted octanol–water partition coefficient (Wildman–Crippen LogP) is 2.56. The fourth-order valence-corrected chi connectivity index (χ4v) is 1.14. The molecule has 1 rings (SSSR count). The normalized spacial score (nSPS) is 13.1. The topological polar surface area (TPSA) is 45.0 Å². The SMILES string of the molecule is CC=C(C)C=C(C)N(N)c1ccc[nH]1. The van der Waals surface area contributed by atoms with Gasteiger partial charge in [0, 0.05) is 11.9 Å². The molecule has 14 heavy (non-hydrogen) atoms. The van der Waals surface area contributed by atoms with Gasteiger partial charge in [-0.25, -0.2) is 5.84 Å². The van der Waals surface area contributed by atoms with Gasteiger partial charge in [0.25, 0.3) is 0 Å². The minimum atomic E-state index is 0.891. The van der Waals surface area contributed by atoms with Gasteiger partial charge in [-0.1, -0.05) is 11.6 Å². The van der Waals surface area contributed by atoms with Crippen molar-refractivity contribution in [3.63, 3.8) is 0 Å². The summed E-state index contributed by atoms with van der Waals surface area (Å²) in [6.45, 7) is 6.04. The zero-order valence-corrected chi connectivity index (χ0v) is 8.91. The largest absolute Gasteiger partial charge is 0.347 e. The van der Waals surface area contributed by atoms with Crippen molar-refractivity contribution in [1.29, 1.82) is 0 Å². The van der Waals surface area contributed by atoms with Crippen LogP contribution in [0.15, 0.2) is 41.8 Å². The van der Waals surface area contributed by atoms with Gasteiger partial charge in [0.15, 0.2) is 0 Å². The number of rotatable bonds is 3. The fraction of sp³-hybridized carbons (Fsp3) is 0.273. The van der Waals surface area contributed by atoms with Crippen molar-refractivity contribution in [2.75, 3.05) is 5.01 Å². The first-order valence-corrected chi connectivity index (χ1v) is 4.64. The maximum Gasteiger partial charge on any atom is 0.124 e. The maximum absolute atomic E-state index is 5.89. The minimum absolute atomic E-state index is 0.891. The van der Waals surface area contributed by atoms with Crippen LogP contribution in [0, 0.1) is 0 Å².